The topological polar surface area (TPSA) is 68.9 Å². The van der Waals surface area contributed by atoms with Crippen LogP contribution < -0.4 is 20.5 Å². The molecule has 5 nitrogen and oxygen atoms in total. The summed E-state index contributed by atoms with van der Waals surface area (Å²) in [4.78, 5) is 3.81. The number of aliphatic imine (C=N–C) groups is 1. The van der Waals surface area contributed by atoms with E-state index >= 15 is 0 Å². The molecule has 3 N–H and O–H groups in total. The summed E-state index contributed by atoms with van der Waals surface area (Å²) in [6, 6.07) is 5.59. The van der Waals surface area contributed by atoms with E-state index in [1.807, 2.05) is 18.2 Å². The van der Waals surface area contributed by atoms with Crippen molar-refractivity contribution in [1.29, 1.82) is 0 Å². The number of hydrogen-bond acceptors (Lipinski definition) is 3. The third kappa shape index (κ3) is 3.91. The molecule has 0 unspecified atom stereocenters. The second-order valence-corrected chi connectivity index (χ2v) is 3.44. The zero-order valence-electron chi connectivity index (χ0n) is 10.6. The maximum Gasteiger partial charge on any atom is 0.188 e. The van der Waals surface area contributed by atoms with E-state index in [-0.39, 0.29) is 6.61 Å². The molecule has 0 radical (unpaired) electrons. The minimum absolute atomic E-state index is 0.200. The molecule has 0 heterocycles. The summed E-state index contributed by atoms with van der Waals surface area (Å²) < 4.78 is 10.6. The van der Waals surface area contributed by atoms with Gasteiger partial charge >= 0.3 is 0 Å². The molecular formula is C13H17N3O2. The van der Waals surface area contributed by atoms with Gasteiger partial charge in [0.15, 0.2) is 17.5 Å². The van der Waals surface area contributed by atoms with E-state index < -0.39 is 0 Å². The molecule has 0 saturated carbocycles. The van der Waals surface area contributed by atoms with E-state index in [0.29, 0.717) is 24.0 Å². The van der Waals surface area contributed by atoms with Crippen molar-refractivity contribution < 1.29 is 9.47 Å². The molecule has 18 heavy (non-hydrogen) atoms. The number of hydrogen-bond donors (Lipinski definition) is 2. The van der Waals surface area contributed by atoms with Gasteiger partial charge in [-0.15, -0.1) is 6.42 Å². The Morgan fingerprint density at radius 1 is 1.50 bits per heavy atom. The summed E-state index contributed by atoms with van der Waals surface area (Å²) in [6.45, 7) is 0.755. The van der Waals surface area contributed by atoms with E-state index in [0.717, 1.165) is 5.56 Å². The third-order valence-electron chi connectivity index (χ3n) is 2.25. The summed E-state index contributed by atoms with van der Waals surface area (Å²) in [5.41, 5.74) is 6.55. The van der Waals surface area contributed by atoms with E-state index in [1.54, 1.807) is 14.2 Å². The summed E-state index contributed by atoms with van der Waals surface area (Å²) >= 11 is 0. The SMILES string of the molecule is C#CCOc1cc(CNC(N)=NC)ccc1OC. The highest BCUT2D eigenvalue weighted by Gasteiger charge is 2.05. The van der Waals surface area contributed by atoms with Gasteiger partial charge in [-0.1, -0.05) is 12.0 Å². The van der Waals surface area contributed by atoms with Crippen LogP contribution in [0.15, 0.2) is 23.2 Å². The Morgan fingerprint density at radius 2 is 2.28 bits per heavy atom. The number of benzene rings is 1. The Morgan fingerprint density at radius 3 is 2.89 bits per heavy atom. The number of terminal acetylenes is 1. The zero-order chi connectivity index (χ0) is 13.4. The van der Waals surface area contributed by atoms with Crippen LogP contribution in [0.25, 0.3) is 0 Å². The van der Waals surface area contributed by atoms with Crippen LogP contribution in [0.2, 0.25) is 0 Å². The van der Waals surface area contributed by atoms with Crippen molar-refractivity contribution in [2.24, 2.45) is 10.7 Å². The number of ether oxygens (including phenoxy) is 2. The highest BCUT2D eigenvalue weighted by Crippen LogP contribution is 2.27. The molecule has 96 valence electrons. The number of nitrogens with two attached hydrogens (primary N) is 1. The average Bonchev–Trinajstić information content (AvgIpc) is 2.42. The first-order chi connectivity index (χ1) is 8.71. The summed E-state index contributed by atoms with van der Waals surface area (Å²) in [6.07, 6.45) is 5.16. The minimum Gasteiger partial charge on any atom is -0.493 e. The molecule has 1 aromatic carbocycles. The first-order valence-corrected chi connectivity index (χ1v) is 5.40. The summed E-state index contributed by atoms with van der Waals surface area (Å²) in [5.74, 6) is 4.06. The predicted molar refractivity (Wildman–Crippen MR) is 71.7 cm³/mol. The van der Waals surface area contributed by atoms with Gasteiger partial charge in [-0.25, -0.2) is 0 Å². The fraction of sp³-hybridized carbons (Fsp3) is 0.308. The van der Waals surface area contributed by atoms with Gasteiger partial charge < -0.3 is 20.5 Å². The molecule has 1 aromatic rings. The molecule has 0 aromatic heterocycles. The van der Waals surface area contributed by atoms with Gasteiger partial charge in [0.2, 0.25) is 0 Å². The molecular weight excluding hydrogens is 230 g/mol. The maximum atomic E-state index is 5.55. The van der Waals surface area contributed by atoms with E-state index in [2.05, 4.69) is 16.2 Å². The molecule has 1 rings (SSSR count). The van der Waals surface area contributed by atoms with Gasteiger partial charge in [0.25, 0.3) is 0 Å². The zero-order valence-corrected chi connectivity index (χ0v) is 10.6. The Kier molecular flexibility index (Phi) is 5.39. The highest BCUT2D eigenvalue weighted by atomic mass is 16.5. The van der Waals surface area contributed by atoms with Crippen molar-refractivity contribution in [1.82, 2.24) is 5.32 Å². The molecule has 0 atom stereocenters. The van der Waals surface area contributed by atoms with Crippen LogP contribution in [-0.2, 0) is 6.54 Å². The standard InChI is InChI=1S/C13H17N3O2/c1-4-7-18-12-8-10(5-6-11(12)17-3)9-16-13(14)15-2/h1,5-6,8H,7,9H2,2-3H3,(H3,14,15,16). The van der Waals surface area contributed by atoms with Gasteiger partial charge in [-0.05, 0) is 17.7 Å². The van der Waals surface area contributed by atoms with Crippen LogP contribution in [0, 0.1) is 12.3 Å². The molecule has 0 bridgehead atoms. The highest BCUT2D eigenvalue weighted by molar-refractivity contribution is 5.77. The van der Waals surface area contributed by atoms with Gasteiger partial charge in [-0.3, -0.25) is 4.99 Å². The molecule has 0 aliphatic heterocycles. The molecule has 0 fully saturated rings. The Hall–Kier alpha value is -2.35. The van der Waals surface area contributed by atoms with Crippen molar-refractivity contribution >= 4 is 5.96 Å². The second-order valence-electron chi connectivity index (χ2n) is 3.44. The van der Waals surface area contributed by atoms with Crippen LogP contribution >= 0.6 is 0 Å². The van der Waals surface area contributed by atoms with Crippen molar-refractivity contribution in [3.63, 3.8) is 0 Å². The van der Waals surface area contributed by atoms with Gasteiger partial charge in [-0.2, -0.15) is 0 Å². The first-order valence-electron chi connectivity index (χ1n) is 5.40. The Bertz CT molecular complexity index is 464. The molecule has 0 amide bonds. The summed E-state index contributed by atoms with van der Waals surface area (Å²) in [7, 11) is 3.20. The van der Waals surface area contributed by atoms with Crippen LogP contribution in [0.5, 0.6) is 11.5 Å². The van der Waals surface area contributed by atoms with Gasteiger partial charge in [0.1, 0.15) is 6.61 Å². The molecule has 0 aliphatic carbocycles. The van der Waals surface area contributed by atoms with E-state index in [1.165, 1.54) is 0 Å². The number of guanidine groups is 1. The average molecular weight is 247 g/mol. The lowest BCUT2D eigenvalue weighted by Gasteiger charge is -2.11. The number of rotatable bonds is 5. The number of nitrogens with one attached hydrogen (secondary N) is 1. The Labute approximate surface area is 107 Å². The molecule has 0 saturated heterocycles. The third-order valence-corrected chi connectivity index (χ3v) is 2.25. The van der Waals surface area contributed by atoms with Crippen LogP contribution in [0.4, 0.5) is 0 Å². The number of methoxy groups -OCH3 is 1. The van der Waals surface area contributed by atoms with Crippen LogP contribution in [0.3, 0.4) is 0 Å². The monoisotopic (exact) mass is 247 g/mol. The van der Waals surface area contributed by atoms with Crippen molar-refractivity contribution in [3.8, 4) is 23.8 Å². The van der Waals surface area contributed by atoms with E-state index in [4.69, 9.17) is 21.6 Å². The normalized spacial score (nSPS) is 10.6. The first kappa shape index (κ1) is 13.7. The molecule has 0 aliphatic rings. The van der Waals surface area contributed by atoms with Crippen molar-refractivity contribution in [2.75, 3.05) is 20.8 Å². The lowest BCUT2D eigenvalue weighted by molar-refractivity contribution is 0.330. The maximum absolute atomic E-state index is 5.55. The van der Waals surface area contributed by atoms with Crippen molar-refractivity contribution in [2.45, 2.75) is 6.54 Å². The molecule has 5 heteroatoms. The van der Waals surface area contributed by atoms with Gasteiger partial charge in [0, 0.05) is 13.6 Å². The van der Waals surface area contributed by atoms with Crippen LogP contribution in [0.1, 0.15) is 5.56 Å². The smallest absolute Gasteiger partial charge is 0.188 e. The fourth-order valence-corrected chi connectivity index (χ4v) is 1.33. The van der Waals surface area contributed by atoms with Crippen LogP contribution in [-0.4, -0.2) is 26.7 Å². The number of nitrogens with zero attached hydrogens (tertiary/aromatic N) is 1. The van der Waals surface area contributed by atoms with Crippen molar-refractivity contribution in [3.05, 3.63) is 23.8 Å². The molecule has 0 spiro atoms. The minimum atomic E-state index is 0.200. The lowest BCUT2D eigenvalue weighted by atomic mass is 10.2. The Balaban J connectivity index is 2.79. The van der Waals surface area contributed by atoms with Gasteiger partial charge in [0.05, 0.1) is 7.11 Å². The quantitative estimate of drug-likeness (QED) is 0.457. The predicted octanol–water partition coefficient (Wildman–Crippen LogP) is 0.741. The fourth-order valence-electron chi connectivity index (χ4n) is 1.33. The summed E-state index contributed by atoms with van der Waals surface area (Å²) in [5, 5.41) is 2.96. The van der Waals surface area contributed by atoms with E-state index in [9.17, 15) is 0 Å². The largest absolute Gasteiger partial charge is 0.493 e. The second kappa shape index (κ2) is 7.07. The lowest BCUT2D eigenvalue weighted by Crippen LogP contribution is -2.30.